The van der Waals surface area contributed by atoms with Crippen LogP contribution in [0.5, 0.6) is 17.2 Å². The summed E-state index contributed by atoms with van der Waals surface area (Å²) in [5, 5.41) is 5.22. The highest BCUT2D eigenvalue weighted by Gasteiger charge is 2.22. The molecule has 0 saturated heterocycles. The third-order valence-electron chi connectivity index (χ3n) is 6.87. The number of aromatic nitrogens is 2. The summed E-state index contributed by atoms with van der Waals surface area (Å²) in [4.78, 5) is 18.5. The summed E-state index contributed by atoms with van der Waals surface area (Å²) in [6, 6.07) is 19.1. The molecule has 8 heteroatoms. The Hall–Kier alpha value is -3.65. The molecule has 1 aliphatic carbocycles. The Kier molecular flexibility index (Phi) is 6.66. The average Bonchev–Trinajstić information content (AvgIpc) is 3.41. The molecule has 2 aliphatic rings. The van der Waals surface area contributed by atoms with Crippen molar-refractivity contribution in [3.05, 3.63) is 92.4 Å². The SMILES string of the molecule is O=c1c2cc(Br)ccc2nc(C2CCCCC2)n1N=Cc1ccccc1OCc1ccc2c(c1)OCO2. The molecule has 0 unspecified atom stereocenters. The van der Waals surface area contributed by atoms with Gasteiger partial charge in [-0.2, -0.15) is 9.78 Å². The Bertz CT molecular complexity index is 1540. The first-order valence-electron chi connectivity index (χ1n) is 12.5. The molecule has 0 atom stereocenters. The Morgan fingerprint density at radius 3 is 2.76 bits per heavy atom. The maximum absolute atomic E-state index is 13.6. The summed E-state index contributed by atoms with van der Waals surface area (Å²) in [6.07, 6.45) is 7.21. The molecule has 1 fully saturated rings. The van der Waals surface area contributed by atoms with Crippen LogP contribution in [0.25, 0.3) is 10.9 Å². The first-order valence-corrected chi connectivity index (χ1v) is 13.3. The van der Waals surface area contributed by atoms with Crippen LogP contribution in [0.3, 0.4) is 0 Å². The Morgan fingerprint density at radius 2 is 1.86 bits per heavy atom. The quantitative estimate of drug-likeness (QED) is 0.255. The third-order valence-corrected chi connectivity index (χ3v) is 7.36. The molecule has 1 aliphatic heterocycles. The predicted molar refractivity (Wildman–Crippen MR) is 146 cm³/mol. The molecule has 7 nitrogen and oxygen atoms in total. The molecule has 0 spiro atoms. The second-order valence-corrected chi connectivity index (χ2v) is 10.3. The molecule has 0 radical (unpaired) electrons. The number of rotatable bonds is 6. The Morgan fingerprint density at radius 1 is 1.03 bits per heavy atom. The molecular formula is C29H26BrN3O4. The fourth-order valence-electron chi connectivity index (χ4n) is 4.93. The van der Waals surface area contributed by atoms with Gasteiger partial charge in [-0.1, -0.05) is 53.4 Å². The molecular weight excluding hydrogens is 534 g/mol. The minimum atomic E-state index is -0.165. The van der Waals surface area contributed by atoms with Gasteiger partial charge in [0, 0.05) is 16.0 Å². The van der Waals surface area contributed by atoms with Crippen LogP contribution in [-0.2, 0) is 6.61 Å². The van der Waals surface area contributed by atoms with Crippen LogP contribution >= 0.6 is 15.9 Å². The van der Waals surface area contributed by atoms with E-state index in [1.54, 1.807) is 6.21 Å². The van der Waals surface area contributed by atoms with Crippen LogP contribution in [-0.4, -0.2) is 22.7 Å². The van der Waals surface area contributed by atoms with E-state index >= 15 is 0 Å². The van der Waals surface area contributed by atoms with Crippen LogP contribution in [0.1, 0.15) is 55.0 Å². The summed E-state index contributed by atoms with van der Waals surface area (Å²) < 4.78 is 19.3. The lowest BCUT2D eigenvalue weighted by molar-refractivity contribution is 0.174. The van der Waals surface area contributed by atoms with E-state index in [2.05, 4.69) is 21.0 Å². The zero-order valence-corrected chi connectivity index (χ0v) is 21.8. The molecule has 6 rings (SSSR count). The summed E-state index contributed by atoms with van der Waals surface area (Å²) in [6.45, 7) is 0.599. The van der Waals surface area contributed by atoms with Crippen molar-refractivity contribution in [2.75, 3.05) is 6.79 Å². The van der Waals surface area contributed by atoms with Crippen molar-refractivity contribution in [2.24, 2.45) is 5.10 Å². The van der Waals surface area contributed by atoms with Crippen LogP contribution in [0.2, 0.25) is 0 Å². The summed E-state index contributed by atoms with van der Waals surface area (Å²) in [7, 11) is 0. The molecule has 0 N–H and O–H groups in total. The Labute approximate surface area is 222 Å². The van der Waals surface area contributed by atoms with Crippen molar-refractivity contribution >= 4 is 33.0 Å². The van der Waals surface area contributed by atoms with E-state index in [9.17, 15) is 4.79 Å². The second-order valence-electron chi connectivity index (χ2n) is 9.34. The van der Waals surface area contributed by atoms with Gasteiger partial charge in [-0.3, -0.25) is 4.79 Å². The van der Waals surface area contributed by atoms with Gasteiger partial charge in [0.25, 0.3) is 5.56 Å². The number of para-hydroxylation sites is 1. The fourth-order valence-corrected chi connectivity index (χ4v) is 5.29. The average molecular weight is 560 g/mol. The van der Waals surface area contributed by atoms with E-state index < -0.39 is 0 Å². The number of ether oxygens (including phenoxy) is 3. The number of fused-ring (bicyclic) bond motifs is 2. The fraction of sp³-hybridized carbons (Fsp3) is 0.276. The minimum absolute atomic E-state index is 0.165. The van der Waals surface area contributed by atoms with E-state index in [1.807, 2.05) is 60.7 Å². The van der Waals surface area contributed by atoms with Crippen molar-refractivity contribution < 1.29 is 14.2 Å². The van der Waals surface area contributed by atoms with Crippen molar-refractivity contribution in [1.29, 1.82) is 0 Å². The van der Waals surface area contributed by atoms with Gasteiger partial charge in [-0.25, -0.2) is 4.98 Å². The predicted octanol–water partition coefficient (Wildman–Crippen LogP) is 6.40. The molecule has 3 aromatic carbocycles. The van der Waals surface area contributed by atoms with Crippen LogP contribution in [0, 0.1) is 0 Å². The number of benzene rings is 3. The lowest BCUT2D eigenvalue weighted by atomic mass is 9.88. The van der Waals surface area contributed by atoms with Gasteiger partial charge < -0.3 is 14.2 Å². The number of hydrogen-bond donors (Lipinski definition) is 0. The van der Waals surface area contributed by atoms with Gasteiger partial charge in [0.1, 0.15) is 18.2 Å². The van der Waals surface area contributed by atoms with Gasteiger partial charge in [-0.15, -0.1) is 0 Å². The highest BCUT2D eigenvalue weighted by atomic mass is 79.9. The topological polar surface area (TPSA) is 74.9 Å². The molecule has 0 amide bonds. The van der Waals surface area contributed by atoms with Gasteiger partial charge in [0.05, 0.1) is 17.1 Å². The summed E-state index contributed by atoms with van der Waals surface area (Å²) in [5.74, 6) is 3.08. The lowest BCUT2D eigenvalue weighted by Crippen LogP contribution is -2.25. The van der Waals surface area contributed by atoms with Crippen molar-refractivity contribution in [1.82, 2.24) is 9.66 Å². The number of halogens is 1. The molecule has 4 aromatic rings. The van der Waals surface area contributed by atoms with E-state index in [0.717, 1.165) is 58.6 Å². The monoisotopic (exact) mass is 559 g/mol. The standard InChI is InChI=1S/C29H26BrN3O4/c30-22-11-12-24-23(15-22)29(34)33(28(32-24)20-6-2-1-3-7-20)31-16-21-8-4-5-9-25(21)35-17-19-10-13-26-27(14-19)37-18-36-26/h4-5,8-16,20H,1-3,6-7,17-18H2. The normalized spacial score (nSPS) is 15.5. The largest absolute Gasteiger partial charge is 0.488 e. The van der Waals surface area contributed by atoms with Crippen LogP contribution in [0.15, 0.2) is 75.0 Å². The van der Waals surface area contributed by atoms with Gasteiger partial charge >= 0.3 is 0 Å². The van der Waals surface area contributed by atoms with Gasteiger partial charge in [0.15, 0.2) is 11.5 Å². The second kappa shape index (κ2) is 10.4. The van der Waals surface area contributed by atoms with Crippen molar-refractivity contribution in [3.63, 3.8) is 0 Å². The van der Waals surface area contributed by atoms with Gasteiger partial charge in [-0.05, 0) is 60.9 Å². The maximum atomic E-state index is 13.6. The van der Waals surface area contributed by atoms with E-state index in [0.29, 0.717) is 23.3 Å². The molecule has 1 saturated carbocycles. The first kappa shape index (κ1) is 23.7. The molecule has 188 valence electrons. The van der Waals surface area contributed by atoms with E-state index in [4.69, 9.17) is 19.2 Å². The smallest absolute Gasteiger partial charge is 0.282 e. The third kappa shape index (κ3) is 4.98. The first-order chi connectivity index (χ1) is 18.2. The van der Waals surface area contributed by atoms with Crippen molar-refractivity contribution in [2.45, 2.75) is 44.6 Å². The summed E-state index contributed by atoms with van der Waals surface area (Å²) in [5.41, 5.74) is 2.28. The molecule has 1 aromatic heterocycles. The lowest BCUT2D eigenvalue weighted by Gasteiger charge is -2.22. The van der Waals surface area contributed by atoms with Gasteiger partial charge in [0.2, 0.25) is 6.79 Å². The number of nitrogens with zero attached hydrogens (tertiary/aromatic N) is 3. The summed E-state index contributed by atoms with van der Waals surface area (Å²) >= 11 is 3.48. The highest BCUT2D eigenvalue weighted by Crippen LogP contribution is 2.34. The van der Waals surface area contributed by atoms with Crippen LogP contribution in [0.4, 0.5) is 0 Å². The zero-order valence-electron chi connectivity index (χ0n) is 20.2. The van der Waals surface area contributed by atoms with Crippen LogP contribution < -0.4 is 19.8 Å². The van der Waals surface area contributed by atoms with Crippen molar-refractivity contribution in [3.8, 4) is 17.2 Å². The number of hydrogen-bond acceptors (Lipinski definition) is 6. The minimum Gasteiger partial charge on any atom is -0.488 e. The molecule has 2 heterocycles. The highest BCUT2D eigenvalue weighted by molar-refractivity contribution is 9.10. The maximum Gasteiger partial charge on any atom is 0.282 e. The molecule has 37 heavy (non-hydrogen) atoms. The Balaban J connectivity index is 1.33. The zero-order chi connectivity index (χ0) is 25.2. The van der Waals surface area contributed by atoms with E-state index in [-0.39, 0.29) is 18.3 Å². The molecule has 0 bridgehead atoms. The van der Waals surface area contributed by atoms with E-state index in [1.165, 1.54) is 11.1 Å².